The predicted octanol–water partition coefficient (Wildman–Crippen LogP) is 4.40. The Morgan fingerprint density at radius 2 is 1.76 bits per heavy atom. The van der Waals surface area contributed by atoms with Gasteiger partial charge in [-0.2, -0.15) is 0 Å². The van der Waals surface area contributed by atoms with Crippen molar-refractivity contribution < 1.29 is 17.9 Å². The summed E-state index contributed by atoms with van der Waals surface area (Å²) < 4.78 is 32.6. The molecule has 2 aromatic rings. The van der Waals surface area contributed by atoms with Crippen LogP contribution < -0.4 is 4.72 Å². The fraction of sp³-hybridized carbons (Fsp3) is 0.0909. The van der Waals surface area contributed by atoms with E-state index in [1.807, 2.05) is 0 Å². The van der Waals surface area contributed by atoms with E-state index >= 15 is 0 Å². The number of aliphatic hydroxyl groups is 1. The lowest BCUT2D eigenvalue weighted by molar-refractivity contribution is 0.245. The largest absolute Gasteiger partial charge is 0.450 e. The Morgan fingerprint density at radius 3 is 2.24 bits per heavy atom. The van der Waals surface area contributed by atoms with Gasteiger partial charge in [-0.25, -0.2) is 8.42 Å². The van der Waals surface area contributed by atoms with E-state index in [0.717, 1.165) is 0 Å². The number of aliphatic hydroxyl groups excluding tert-OH is 1. The molecule has 0 unspecified atom stereocenters. The number of hydrogen-bond donors (Lipinski definition) is 2. The summed E-state index contributed by atoms with van der Waals surface area (Å²) in [7, 11) is -3.98. The standard InChI is InChI=1S/C11H7Br2Cl2NO4S/c12-5-1-7(14)10(8(15)2-5)16-21(18,19)9-3-6(4-17)20-11(9)13/h1-3,16-17H,4H2. The van der Waals surface area contributed by atoms with Crippen molar-refractivity contribution in [3.63, 3.8) is 0 Å². The molecule has 1 aromatic heterocycles. The quantitative estimate of drug-likeness (QED) is 0.681. The monoisotopic (exact) mass is 477 g/mol. The molecular formula is C11H7Br2Cl2NO4S. The second-order valence-corrected chi connectivity index (χ2v) is 7.96. The van der Waals surface area contributed by atoms with Crippen LogP contribution in [0, 0.1) is 0 Å². The molecule has 0 aliphatic heterocycles. The molecule has 0 radical (unpaired) electrons. The Labute approximate surface area is 147 Å². The molecular weight excluding hydrogens is 473 g/mol. The zero-order valence-electron chi connectivity index (χ0n) is 10.0. The van der Waals surface area contributed by atoms with Gasteiger partial charge in [0.1, 0.15) is 17.3 Å². The first-order chi connectivity index (χ1) is 9.74. The number of benzene rings is 1. The van der Waals surface area contributed by atoms with Crippen LogP contribution in [0.15, 0.2) is 36.7 Å². The van der Waals surface area contributed by atoms with Gasteiger partial charge in [-0.3, -0.25) is 4.72 Å². The average molecular weight is 480 g/mol. The molecule has 0 saturated heterocycles. The molecule has 0 aliphatic carbocycles. The summed E-state index contributed by atoms with van der Waals surface area (Å²) in [5, 5.41) is 9.25. The van der Waals surface area contributed by atoms with Crippen LogP contribution in [0.3, 0.4) is 0 Å². The van der Waals surface area contributed by atoms with Gasteiger partial charge in [0.2, 0.25) is 0 Å². The van der Waals surface area contributed by atoms with E-state index in [9.17, 15) is 8.42 Å². The Kier molecular flexibility index (Phi) is 5.27. The van der Waals surface area contributed by atoms with Gasteiger partial charge in [-0.05, 0) is 28.1 Å². The number of anilines is 1. The van der Waals surface area contributed by atoms with Gasteiger partial charge in [-0.15, -0.1) is 0 Å². The number of sulfonamides is 1. The van der Waals surface area contributed by atoms with Crippen molar-refractivity contribution >= 4 is 70.8 Å². The van der Waals surface area contributed by atoms with E-state index in [0.29, 0.717) is 4.47 Å². The predicted molar refractivity (Wildman–Crippen MR) is 87.3 cm³/mol. The fourth-order valence-corrected chi connectivity index (χ4v) is 5.00. The summed E-state index contributed by atoms with van der Waals surface area (Å²) in [6.45, 7) is -0.423. The van der Waals surface area contributed by atoms with Crippen molar-refractivity contribution in [2.24, 2.45) is 0 Å². The molecule has 1 aromatic carbocycles. The smallest absolute Gasteiger partial charge is 0.266 e. The van der Waals surface area contributed by atoms with Crippen LogP contribution in [0.2, 0.25) is 10.0 Å². The van der Waals surface area contributed by atoms with Gasteiger partial charge < -0.3 is 9.52 Å². The highest BCUT2D eigenvalue weighted by Crippen LogP contribution is 2.36. The molecule has 0 amide bonds. The van der Waals surface area contributed by atoms with Crippen molar-refractivity contribution in [3.05, 3.63) is 43.1 Å². The summed E-state index contributed by atoms with van der Waals surface area (Å²) >= 11 is 18.2. The van der Waals surface area contributed by atoms with Gasteiger partial charge in [0.05, 0.1) is 15.7 Å². The van der Waals surface area contributed by atoms with Crippen molar-refractivity contribution in [2.75, 3.05) is 4.72 Å². The molecule has 0 atom stereocenters. The summed E-state index contributed by atoms with van der Waals surface area (Å²) in [4.78, 5) is -0.165. The fourth-order valence-electron chi connectivity index (χ4n) is 1.49. The Bertz CT molecular complexity index is 769. The van der Waals surface area contributed by atoms with Crippen LogP contribution in [0.5, 0.6) is 0 Å². The highest BCUT2D eigenvalue weighted by atomic mass is 79.9. The Morgan fingerprint density at radius 1 is 1.19 bits per heavy atom. The van der Waals surface area contributed by atoms with Crippen LogP contribution in [0.25, 0.3) is 0 Å². The molecule has 0 aliphatic rings. The lowest BCUT2D eigenvalue weighted by atomic mass is 10.3. The first-order valence-corrected chi connectivity index (χ1v) is 9.13. The molecule has 21 heavy (non-hydrogen) atoms. The third-order valence-electron chi connectivity index (χ3n) is 2.40. The topological polar surface area (TPSA) is 79.5 Å². The van der Waals surface area contributed by atoms with E-state index in [4.69, 9.17) is 32.7 Å². The molecule has 0 saturated carbocycles. The highest BCUT2D eigenvalue weighted by Gasteiger charge is 2.24. The van der Waals surface area contributed by atoms with Gasteiger partial charge in [0, 0.05) is 10.5 Å². The summed E-state index contributed by atoms with van der Waals surface area (Å²) in [5.41, 5.74) is 0.0557. The summed E-state index contributed by atoms with van der Waals surface area (Å²) in [5.74, 6) is 0.107. The second-order valence-electron chi connectivity index (χ2n) is 3.86. The normalized spacial score (nSPS) is 11.7. The first-order valence-electron chi connectivity index (χ1n) is 5.31. The third kappa shape index (κ3) is 3.75. The molecule has 114 valence electrons. The maximum Gasteiger partial charge on any atom is 0.266 e. The molecule has 5 nitrogen and oxygen atoms in total. The number of nitrogens with one attached hydrogen (secondary N) is 1. The summed E-state index contributed by atoms with van der Waals surface area (Å²) in [6, 6.07) is 4.22. The van der Waals surface area contributed by atoms with Crippen molar-refractivity contribution in [3.8, 4) is 0 Å². The molecule has 1 heterocycles. The number of halogens is 4. The SMILES string of the molecule is O=S(=O)(Nc1c(Cl)cc(Br)cc1Cl)c1cc(CO)oc1Br. The average Bonchev–Trinajstić information content (AvgIpc) is 2.76. The van der Waals surface area contributed by atoms with E-state index in [2.05, 4.69) is 36.6 Å². The number of rotatable bonds is 4. The van der Waals surface area contributed by atoms with Crippen LogP contribution in [-0.2, 0) is 16.6 Å². The molecule has 0 bridgehead atoms. The van der Waals surface area contributed by atoms with Gasteiger partial charge >= 0.3 is 0 Å². The van der Waals surface area contributed by atoms with E-state index in [-0.39, 0.29) is 31.1 Å². The maximum absolute atomic E-state index is 12.3. The van der Waals surface area contributed by atoms with Gasteiger partial charge in [0.15, 0.2) is 4.67 Å². The first kappa shape index (κ1) is 17.1. The lowest BCUT2D eigenvalue weighted by Crippen LogP contribution is -2.13. The van der Waals surface area contributed by atoms with E-state index in [1.54, 1.807) is 0 Å². The molecule has 2 rings (SSSR count). The molecule has 0 spiro atoms. The lowest BCUT2D eigenvalue weighted by Gasteiger charge is -2.10. The van der Waals surface area contributed by atoms with Crippen LogP contribution in [0.1, 0.15) is 5.76 Å². The van der Waals surface area contributed by atoms with Gasteiger partial charge in [0.25, 0.3) is 10.0 Å². The van der Waals surface area contributed by atoms with Crippen LogP contribution in [0.4, 0.5) is 5.69 Å². The van der Waals surface area contributed by atoms with Crippen molar-refractivity contribution in [1.82, 2.24) is 0 Å². The number of furan rings is 1. The highest BCUT2D eigenvalue weighted by molar-refractivity contribution is 9.10. The third-order valence-corrected chi connectivity index (χ3v) is 5.66. The molecule has 10 heteroatoms. The minimum Gasteiger partial charge on any atom is -0.450 e. The van der Waals surface area contributed by atoms with Gasteiger partial charge in [-0.1, -0.05) is 39.1 Å². The van der Waals surface area contributed by atoms with Crippen molar-refractivity contribution in [2.45, 2.75) is 11.5 Å². The number of hydrogen-bond acceptors (Lipinski definition) is 4. The van der Waals surface area contributed by atoms with E-state index in [1.165, 1.54) is 18.2 Å². The Hall–Kier alpha value is -0.250. The summed E-state index contributed by atoms with van der Waals surface area (Å²) in [6.07, 6.45) is 0. The Balaban J connectivity index is 2.44. The molecule has 0 fully saturated rings. The zero-order valence-corrected chi connectivity index (χ0v) is 15.5. The van der Waals surface area contributed by atoms with Crippen LogP contribution in [-0.4, -0.2) is 13.5 Å². The van der Waals surface area contributed by atoms with Crippen LogP contribution >= 0.6 is 55.1 Å². The minimum atomic E-state index is -3.98. The zero-order chi connectivity index (χ0) is 15.8. The van der Waals surface area contributed by atoms with E-state index < -0.39 is 16.6 Å². The van der Waals surface area contributed by atoms with Crippen molar-refractivity contribution in [1.29, 1.82) is 0 Å². The maximum atomic E-state index is 12.3. The molecule has 2 N–H and O–H groups in total. The second kappa shape index (κ2) is 6.47. The minimum absolute atomic E-state index is 0.0246.